The standard InChI is InChI=1S/C15H11NO3/c1-18-16-8-11-9-19-13-7-6-10-4-2-3-5-12(10)14(13)15(11)17/h2-9H,1H3/b16-8+. The van der Waals surface area contributed by atoms with Crippen LogP contribution in [-0.2, 0) is 4.84 Å². The highest BCUT2D eigenvalue weighted by molar-refractivity contribution is 6.06. The maximum Gasteiger partial charge on any atom is 0.202 e. The predicted molar refractivity (Wildman–Crippen MR) is 74.6 cm³/mol. The molecule has 3 rings (SSSR count). The molecule has 0 aliphatic rings. The predicted octanol–water partition coefficient (Wildman–Crippen LogP) is 2.93. The van der Waals surface area contributed by atoms with Gasteiger partial charge in [-0.15, -0.1) is 0 Å². The summed E-state index contributed by atoms with van der Waals surface area (Å²) in [5, 5.41) is 6.05. The fourth-order valence-corrected chi connectivity index (χ4v) is 2.11. The number of hydrogen-bond acceptors (Lipinski definition) is 4. The van der Waals surface area contributed by atoms with Gasteiger partial charge in [0.2, 0.25) is 5.43 Å². The van der Waals surface area contributed by atoms with Gasteiger partial charge in [0, 0.05) is 0 Å². The fraction of sp³-hybridized carbons (Fsp3) is 0.0667. The third-order valence-electron chi connectivity index (χ3n) is 2.99. The smallest absolute Gasteiger partial charge is 0.202 e. The quantitative estimate of drug-likeness (QED) is 0.401. The van der Waals surface area contributed by atoms with Gasteiger partial charge < -0.3 is 9.25 Å². The van der Waals surface area contributed by atoms with Crippen LogP contribution in [0.25, 0.3) is 21.7 Å². The molecule has 2 aromatic carbocycles. The minimum absolute atomic E-state index is 0.112. The molecule has 0 unspecified atom stereocenters. The molecule has 4 nitrogen and oxygen atoms in total. The first-order valence-electron chi connectivity index (χ1n) is 5.81. The van der Waals surface area contributed by atoms with Crippen molar-refractivity contribution in [3.8, 4) is 0 Å². The molecule has 0 fully saturated rings. The van der Waals surface area contributed by atoms with Gasteiger partial charge in [-0.3, -0.25) is 4.79 Å². The first kappa shape index (κ1) is 11.5. The molecule has 0 aliphatic heterocycles. The zero-order valence-electron chi connectivity index (χ0n) is 10.3. The van der Waals surface area contributed by atoms with Crippen molar-refractivity contribution in [3.63, 3.8) is 0 Å². The minimum Gasteiger partial charge on any atom is -0.463 e. The van der Waals surface area contributed by atoms with Crippen molar-refractivity contribution in [2.24, 2.45) is 5.16 Å². The Morgan fingerprint density at radius 3 is 2.89 bits per heavy atom. The van der Waals surface area contributed by atoms with Crippen molar-refractivity contribution in [1.29, 1.82) is 0 Å². The normalized spacial score (nSPS) is 11.4. The van der Waals surface area contributed by atoms with Crippen LogP contribution in [0, 0.1) is 0 Å². The van der Waals surface area contributed by atoms with E-state index in [1.54, 1.807) is 6.07 Å². The topological polar surface area (TPSA) is 51.8 Å². The van der Waals surface area contributed by atoms with E-state index in [1.165, 1.54) is 19.6 Å². The van der Waals surface area contributed by atoms with Crippen LogP contribution in [0.1, 0.15) is 5.56 Å². The maximum absolute atomic E-state index is 12.4. The third kappa shape index (κ3) is 1.87. The number of fused-ring (bicyclic) bond motifs is 3. The minimum atomic E-state index is -0.112. The molecule has 19 heavy (non-hydrogen) atoms. The monoisotopic (exact) mass is 253 g/mol. The second-order valence-corrected chi connectivity index (χ2v) is 4.10. The van der Waals surface area contributed by atoms with Gasteiger partial charge in [0.15, 0.2) is 0 Å². The molecule has 0 saturated carbocycles. The van der Waals surface area contributed by atoms with Crippen molar-refractivity contribution in [1.82, 2.24) is 0 Å². The van der Waals surface area contributed by atoms with Gasteiger partial charge in [-0.1, -0.05) is 35.5 Å². The lowest BCUT2D eigenvalue weighted by Crippen LogP contribution is -2.08. The second-order valence-electron chi connectivity index (χ2n) is 4.10. The lowest BCUT2D eigenvalue weighted by molar-refractivity contribution is 0.215. The average Bonchev–Trinajstić information content (AvgIpc) is 2.46. The summed E-state index contributed by atoms with van der Waals surface area (Å²) in [6.07, 6.45) is 2.75. The van der Waals surface area contributed by atoms with Crippen LogP contribution >= 0.6 is 0 Å². The summed E-state index contributed by atoms with van der Waals surface area (Å²) >= 11 is 0. The van der Waals surface area contributed by atoms with E-state index in [-0.39, 0.29) is 5.43 Å². The van der Waals surface area contributed by atoms with Gasteiger partial charge in [0.1, 0.15) is 19.0 Å². The molecule has 1 heterocycles. The van der Waals surface area contributed by atoms with Crippen molar-refractivity contribution in [3.05, 3.63) is 58.4 Å². The molecule has 1 aromatic heterocycles. The van der Waals surface area contributed by atoms with Crippen LogP contribution in [0.5, 0.6) is 0 Å². The van der Waals surface area contributed by atoms with Crippen molar-refractivity contribution in [2.75, 3.05) is 7.11 Å². The maximum atomic E-state index is 12.4. The summed E-state index contributed by atoms with van der Waals surface area (Å²) in [4.78, 5) is 17.0. The number of nitrogens with zero attached hydrogens (tertiary/aromatic N) is 1. The van der Waals surface area contributed by atoms with Gasteiger partial charge in [0.25, 0.3) is 0 Å². The van der Waals surface area contributed by atoms with E-state index in [9.17, 15) is 4.79 Å². The third-order valence-corrected chi connectivity index (χ3v) is 2.99. The van der Waals surface area contributed by atoms with Gasteiger partial charge in [-0.05, 0) is 16.8 Å². The molecule has 0 aliphatic carbocycles. The van der Waals surface area contributed by atoms with Crippen LogP contribution in [0.4, 0.5) is 0 Å². The Hall–Kier alpha value is -2.62. The molecular weight excluding hydrogens is 242 g/mol. The van der Waals surface area contributed by atoms with E-state index in [0.29, 0.717) is 16.5 Å². The van der Waals surface area contributed by atoms with E-state index in [0.717, 1.165) is 10.8 Å². The van der Waals surface area contributed by atoms with Crippen molar-refractivity contribution in [2.45, 2.75) is 0 Å². The molecule has 94 valence electrons. The Labute approximate surface area is 108 Å². The Kier molecular flexibility index (Phi) is 2.76. The summed E-state index contributed by atoms with van der Waals surface area (Å²) in [7, 11) is 1.43. The molecule has 3 aromatic rings. The summed E-state index contributed by atoms with van der Waals surface area (Å²) in [6, 6.07) is 11.4. The Morgan fingerprint density at radius 2 is 2.05 bits per heavy atom. The van der Waals surface area contributed by atoms with Crippen LogP contribution in [0.15, 0.2) is 57.0 Å². The molecule has 0 bridgehead atoms. The van der Waals surface area contributed by atoms with Crippen molar-refractivity contribution >= 4 is 28.0 Å². The first-order chi connectivity index (χ1) is 9.31. The van der Waals surface area contributed by atoms with E-state index in [2.05, 4.69) is 9.99 Å². The Morgan fingerprint density at radius 1 is 1.21 bits per heavy atom. The largest absolute Gasteiger partial charge is 0.463 e. The zero-order chi connectivity index (χ0) is 13.2. The lowest BCUT2D eigenvalue weighted by Gasteiger charge is -2.02. The highest BCUT2D eigenvalue weighted by Crippen LogP contribution is 2.22. The number of benzene rings is 2. The molecule has 0 amide bonds. The fourth-order valence-electron chi connectivity index (χ4n) is 2.11. The lowest BCUT2D eigenvalue weighted by atomic mass is 10.0. The van der Waals surface area contributed by atoms with Crippen molar-refractivity contribution < 1.29 is 9.25 Å². The summed E-state index contributed by atoms with van der Waals surface area (Å²) in [5.74, 6) is 0. The van der Waals surface area contributed by atoms with E-state index in [4.69, 9.17) is 4.42 Å². The Bertz CT molecular complexity index is 834. The summed E-state index contributed by atoms with van der Waals surface area (Å²) < 4.78 is 5.48. The van der Waals surface area contributed by atoms with E-state index < -0.39 is 0 Å². The van der Waals surface area contributed by atoms with Crippen LogP contribution in [-0.4, -0.2) is 13.3 Å². The van der Waals surface area contributed by atoms with Gasteiger partial charge in [0.05, 0.1) is 17.2 Å². The van der Waals surface area contributed by atoms with Crippen LogP contribution in [0.3, 0.4) is 0 Å². The highest BCUT2D eigenvalue weighted by atomic mass is 16.6. The molecule has 0 radical (unpaired) electrons. The SMILES string of the molecule is CO/N=C/c1coc2ccc3ccccc3c2c1=O. The molecule has 0 N–H and O–H groups in total. The number of oxime groups is 1. The molecule has 0 spiro atoms. The Balaban J connectivity index is 2.43. The summed E-state index contributed by atoms with van der Waals surface area (Å²) in [5.41, 5.74) is 0.822. The number of hydrogen-bond donors (Lipinski definition) is 0. The van der Waals surface area contributed by atoms with Crippen LogP contribution in [0.2, 0.25) is 0 Å². The zero-order valence-corrected chi connectivity index (χ0v) is 10.3. The molecule has 0 atom stereocenters. The molecule has 0 saturated heterocycles. The number of rotatable bonds is 2. The first-order valence-corrected chi connectivity index (χ1v) is 5.81. The van der Waals surface area contributed by atoms with Gasteiger partial charge >= 0.3 is 0 Å². The van der Waals surface area contributed by atoms with E-state index >= 15 is 0 Å². The van der Waals surface area contributed by atoms with Gasteiger partial charge in [-0.2, -0.15) is 0 Å². The average molecular weight is 253 g/mol. The highest BCUT2D eigenvalue weighted by Gasteiger charge is 2.09. The van der Waals surface area contributed by atoms with Crippen LogP contribution < -0.4 is 5.43 Å². The molecular formula is C15H11NO3. The van der Waals surface area contributed by atoms with E-state index in [1.807, 2.05) is 30.3 Å². The molecule has 4 heteroatoms. The second kappa shape index (κ2) is 4.57. The van der Waals surface area contributed by atoms with Gasteiger partial charge in [-0.25, -0.2) is 0 Å². The summed E-state index contributed by atoms with van der Waals surface area (Å²) in [6.45, 7) is 0.